The number of thiazole rings is 1. The van der Waals surface area contributed by atoms with Crippen molar-refractivity contribution in [2.75, 3.05) is 12.3 Å². The Balaban J connectivity index is 2.02. The van der Waals surface area contributed by atoms with Crippen molar-refractivity contribution in [3.05, 3.63) is 29.6 Å². The first kappa shape index (κ1) is 16.3. The van der Waals surface area contributed by atoms with Crippen molar-refractivity contribution in [2.45, 2.75) is 32.8 Å². The van der Waals surface area contributed by atoms with Crippen LogP contribution in [-0.4, -0.2) is 23.7 Å². The van der Waals surface area contributed by atoms with E-state index in [-0.39, 0.29) is 5.97 Å². The maximum atomic E-state index is 11.9. The summed E-state index contributed by atoms with van der Waals surface area (Å²) >= 11 is 1.40. The molecule has 0 amide bonds. The van der Waals surface area contributed by atoms with Crippen LogP contribution in [0.3, 0.4) is 0 Å². The second-order valence-corrected chi connectivity index (χ2v) is 5.67. The molecule has 0 aliphatic rings. The average molecular weight is 320 g/mol. The highest BCUT2D eigenvalue weighted by Gasteiger charge is 2.19. The van der Waals surface area contributed by atoms with Crippen LogP contribution in [0.4, 0.5) is 5.13 Å². The Morgan fingerprint density at radius 2 is 2.05 bits per heavy atom. The van der Waals surface area contributed by atoms with E-state index in [1.54, 1.807) is 0 Å². The largest absolute Gasteiger partial charge is 0.479 e. The second kappa shape index (κ2) is 7.79. The molecule has 0 spiro atoms. The predicted molar refractivity (Wildman–Crippen MR) is 87.9 cm³/mol. The maximum Gasteiger partial charge on any atom is 0.347 e. The highest BCUT2D eigenvalue weighted by atomic mass is 32.1. The third-order valence-corrected chi connectivity index (χ3v) is 3.71. The number of anilines is 1. The molecule has 118 valence electrons. The maximum absolute atomic E-state index is 11.9. The molecular weight excluding hydrogens is 300 g/mol. The number of ether oxygens (including phenoxy) is 2. The summed E-state index contributed by atoms with van der Waals surface area (Å²) in [7, 11) is 0. The molecule has 5 nitrogen and oxygen atoms in total. The first-order valence-corrected chi connectivity index (χ1v) is 8.16. The van der Waals surface area contributed by atoms with Crippen molar-refractivity contribution in [1.82, 2.24) is 4.98 Å². The summed E-state index contributed by atoms with van der Waals surface area (Å²) in [5.74, 6) is 0.313. The minimum absolute atomic E-state index is 0.319. The van der Waals surface area contributed by atoms with Gasteiger partial charge in [0.05, 0.1) is 12.3 Å². The van der Waals surface area contributed by atoms with Crippen LogP contribution in [0.25, 0.3) is 11.3 Å². The number of nitrogen functional groups attached to an aromatic ring is 1. The van der Waals surface area contributed by atoms with Gasteiger partial charge in [-0.2, -0.15) is 0 Å². The van der Waals surface area contributed by atoms with Crippen molar-refractivity contribution in [3.8, 4) is 17.0 Å². The number of benzene rings is 1. The minimum atomic E-state index is -0.577. The molecule has 1 aromatic heterocycles. The van der Waals surface area contributed by atoms with Gasteiger partial charge in [-0.1, -0.05) is 13.8 Å². The first-order chi connectivity index (χ1) is 10.6. The smallest absolute Gasteiger partial charge is 0.347 e. The Bertz CT molecular complexity index is 610. The number of rotatable bonds is 7. The molecule has 0 saturated carbocycles. The van der Waals surface area contributed by atoms with Crippen LogP contribution in [0.1, 0.15) is 26.7 Å². The molecular formula is C16H20N2O3S. The first-order valence-electron chi connectivity index (χ1n) is 7.28. The lowest BCUT2D eigenvalue weighted by Gasteiger charge is -2.16. The Hall–Kier alpha value is -2.08. The fraction of sp³-hybridized carbons (Fsp3) is 0.375. The summed E-state index contributed by atoms with van der Waals surface area (Å²) in [5.41, 5.74) is 7.43. The topological polar surface area (TPSA) is 74.4 Å². The normalized spacial score (nSPS) is 11.9. The molecule has 1 aromatic carbocycles. The Morgan fingerprint density at radius 3 is 2.59 bits per heavy atom. The lowest BCUT2D eigenvalue weighted by molar-refractivity contribution is -0.152. The number of carbonyl (C=O) groups excluding carboxylic acids is 1. The van der Waals surface area contributed by atoms with E-state index in [0.717, 1.165) is 17.7 Å². The van der Waals surface area contributed by atoms with Gasteiger partial charge in [0.25, 0.3) is 0 Å². The standard InChI is InChI=1S/C16H20N2O3S/c1-3-9-20-15(19)14(4-2)21-12-7-5-11(6-8-12)13-10-22-16(17)18-13/h5-8,10,14H,3-4,9H2,1-2H3,(H2,17,18). The number of hydrogen-bond donors (Lipinski definition) is 1. The highest BCUT2D eigenvalue weighted by Crippen LogP contribution is 2.25. The zero-order chi connectivity index (χ0) is 15.9. The van der Waals surface area contributed by atoms with E-state index >= 15 is 0 Å². The number of nitrogens with zero attached hydrogens (tertiary/aromatic N) is 1. The summed E-state index contributed by atoms with van der Waals surface area (Å²) in [6.45, 7) is 4.27. The van der Waals surface area contributed by atoms with Gasteiger partial charge in [-0.3, -0.25) is 0 Å². The third-order valence-electron chi connectivity index (χ3n) is 3.03. The summed E-state index contributed by atoms with van der Waals surface area (Å²) in [4.78, 5) is 16.1. The van der Waals surface area contributed by atoms with Crippen LogP contribution in [-0.2, 0) is 9.53 Å². The predicted octanol–water partition coefficient (Wildman–Crippen LogP) is 3.50. The van der Waals surface area contributed by atoms with Crippen molar-refractivity contribution in [1.29, 1.82) is 0 Å². The van der Waals surface area contributed by atoms with E-state index in [1.807, 2.05) is 43.5 Å². The van der Waals surface area contributed by atoms with Crippen LogP contribution in [0.5, 0.6) is 5.75 Å². The monoisotopic (exact) mass is 320 g/mol. The molecule has 2 aromatic rings. The van der Waals surface area contributed by atoms with Crippen molar-refractivity contribution in [3.63, 3.8) is 0 Å². The number of nitrogens with two attached hydrogens (primary N) is 1. The van der Waals surface area contributed by atoms with E-state index in [9.17, 15) is 4.79 Å². The van der Waals surface area contributed by atoms with Gasteiger partial charge >= 0.3 is 5.97 Å². The quantitative estimate of drug-likeness (QED) is 0.790. The van der Waals surface area contributed by atoms with Gasteiger partial charge in [0.1, 0.15) is 5.75 Å². The lowest BCUT2D eigenvalue weighted by Crippen LogP contribution is -2.28. The summed E-state index contributed by atoms with van der Waals surface area (Å²) in [5, 5.41) is 2.45. The van der Waals surface area contributed by atoms with Crippen molar-refractivity contribution in [2.24, 2.45) is 0 Å². The summed E-state index contributed by atoms with van der Waals surface area (Å²) in [6, 6.07) is 7.43. The number of esters is 1. The minimum Gasteiger partial charge on any atom is -0.479 e. The van der Waals surface area contributed by atoms with E-state index < -0.39 is 6.10 Å². The third kappa shape index (κ3) is 4.21. The molecule has 0 radical (unpaired) electrons. The van der Waals surface area contributed by atoms with Crippen LogP contribution in [0.15, 0.2) is 29.6 Å². The van der Waals surface area contributed by atoms with Crippen LogP contribution in [0, 0.1) is 0 Å². The molecule has 2 N–H and O–H groups in total. The van der Waals surface area contributed by atoms with Crippen molar-refractivity contribution < 1.29 is 14.3 Å². The second-order valence-electron chi connectivity index (χ2n) is 4.78. The molecule has 2 rings (SSSR count). The number of hydrogen-bond acceptors (Lipinski definition) is 6. The number of aromatic nitrogens is 1. The molecule has 0 fully saturated rings. The van der Waals surface area contributed by atoms with E-state index in [0.29, 0.717) is 23.9 Å². The fourth-order valence-electron chi connectivity index (χ4n) is 1.88. The van der Waals surface area contributed by atoms with Gasteiger partial charge in [0.15, 0.2) is 11.2 Å². The van der Waals surface area contributed by atoms with Gasteiger partial charge in [0, 0.05) is 10.9 Å². The molecule has 0 saturated heterocycles. The Kier molecular flexibility index (Phi) is 5.77. The Morgan fingerprint density at radius 1 is 1.32 bits per heavy atom. The molecule has 0 bridgehead atoms. The molecule has 22 heavy (non-hydrogen) atoms. The lowest BCUT2D eigenvalue weighted by atomic mass is 10.1. The molecule has 0 aliphatic carbocycles. The van der Waals surface area contributed by atoms with Gasteiger partial charge < -0.3 is 15.2 Å². The fourth-order valence-corrected chi connectivity index (χ4v) is 2.45. The van der Waals surface area contributed by atoms with Gasteiger partial charge in [-0.15, -0.1) is 11.3 Å². The van der Waals surface area contributed by atoms with Crippen LogP contribution < -0.4 is 10.5 Å². The van der Waals surface area contributed by atoms with Gasteiger partial charge in [0.2, 0.25) is 0 Å². The molecule has 1 unspecified atom stereocenters. The zero-order valence-corrected chi connectivity index (χ0v) is 13.6. The van der Waals surface area contributed by atoms with Crippen LogP contribution in [0.2, 0.25) is 0 Å². The Labute approximate surface area is 134 Å². The van der Waals surface area contributed by atoms with Gasteiger partial charge in [-0.05, 0) is 37.1 Å². The highest BCUT2D eigenvalue weighted by molar-refractivity contribution is 7.13. The molecule has 1 heterocycles. The average Bonchev–Trinajstić information content (AvgIpc) is 2.97. The molecule has 0 aliphatic heterocycles. The molecule has 6 heteroatoms. The zero-order valence-electron chi connectivity index (χ0n) is 12.7. The van der Waals surface area contributed by atoms with Gasteiger partial charge in [-0.25, -0.2) is 9.78 Å². The summed E-state index contributed by atoms with van der Waals surface area (Å²) in [6.07, 6.45) is 0.785. The SMILES string of the molecule is CCCOC(=O)C(CC)Oc1ccc(-c2csc(N)n2)cc1. The van der Waals surface area contributed by atoms with Crippen molar-refractivity contribution >= 4 is 22.4 Å². The van der Waals surface area contributed by atoms with Crippen LogP contribution >= 0.6 is 11.3 Å². The van der Waals surface area contributed by atoms with E-state index in [1.165, 1.54) is 11.3 Å². The van der Waals surface area contributed by atoms with E-state index in [4.69, 9.17) is 15.2 Å². The molecule has 1 atom stereocenters. The summed E-state index contributed by atoms with van der Waals surface area (Å²) < 4.78 is 10.8. The van der Waals surface area contributed by atoms with E-state index in [2.05, 4.69) is 4.98 Å². The number of carbonyl (C=O) groups is 1.